The summed E-state index contributed by atoms with van der Waals surface area (Å²) < 4.78 is 24.5. The molecular formula is C11H15FN2O3S. The molecule has 1 aromatic carbocycles. The molecule has 2 unspecified atom stereocenters. The molecule has 7 heteroatoms. The summed E-state index contributed by atoms with van der Waals surface area (Å²) in [7, 11) is -0.984. The van der Waals surface area contributed by atoms with Crippen LogP contribution in [0.5, 0.6) is 0 Å². The van der Waals surface area contributed by atoms with Crippen molar-refractivity contribution in [2.45, 2.75) is 13.0 Å². The van der Waals surface area contributed by atoms with Crippen molar-refractivity contribution < 1.29 is 18.5 Å². The van der Waals surface area contributed by atoms with Gasteiger partial charge < -0.3 is 16.2 Å². The fourth-order valence-corrected chi connectivity index (χ4v) is 2.33. The molecule has 0 saturated carbocycles. The summed E-state index contributed by atoms with van der Waals surface area (Å²) >= 11 is 0. The smallest absolute Gasteiger partial charge is 0.338 e. The number of aromatic carboxylic acids is 1. The van der Waals surface area contributed by atoms with Crippen LogP contribution in [0.1, 0.15) is 17.3 Å². The average molecular weight is 274 g/mol. The summed E-state index contributed by atoms with van der Waals surface area (Å²) in [6.07, 6.45) is 1.57. The van der Waals surface area contributed by atoms with E-state index in [1.165, 1.54) is 0 Å². The number of benzene rings is 1. The molecule has 0 aliphatic heterocycles. The molecule has 0 aliphatic rings. The molecule has 1 aromatic rings. The van der Waals surface area contributed by atoms with Crippen molar-refractivity contribution >= 4 is 28.1 Å². The first-order valence-corrected chi connectivity index (χ1v) is 6.93. The Morgan fingerprint density at radius 2 is 2.22 bits per heavy atom. The third-order valence-corrected chi connectivity index (χ3v) is 3.23. The Hall–Kier alpha value is -1.63. The molecule has 2 atom stereocenters. The molecule has 100 valence electrons. The van der Waals surface area contributed by atoms with Gasteiger partial charge in [-0.1, -0.05) is 0 Å². The Morgan fingerprint density at radius 1 is 1.61 bits per heavy atom. The van der Waals surface area contributed by atoms with Gasteiger partial charge in [-0.05, 0) is 19.1 Å². The molecule has 0 heterocycles. The number of carboxylic acids is 1. The Bertz CT molecular complexity index is 493. The van der Waals surface area contributed by atoms with Crippen molar-refractivity contribution in [2.75, 3.05) is 23.1 Å². The molecule has 0 aliphatic carbocycles. The normalized spacial score (nSPS) is 13.9. The first-order chi connectivity index (χ1) is 8.31. The van der Waals surface area contributed by atoms with Gasteiger partial charge in [-0.3, -0.25) is 4.21 Å². The van der Waals surface area contributed by atoms with Gasteiger partial charge in [0.15, 0.2) is 0 Å². The molecular weight excluding hydrogens is 259 g/mol. The second-order valence-corrected chi connectivity index (χ2v) is 5.49. The number of carbonyl (C=O) groups is 1. The molecule has 4 N–H and O–H groups in total. The zero-order valence-electron chi connectivity index (χ0n) is 10.1. The summed E-state index contributed by atoms with van der Waals surface area (Å²) in [4.78, 5) is 10.7. The highest BCUT2D eigenvalue weighted by Crippen LogP contribution is 2.23. The first-order valence-electron chi connectivity index (χ1n) is 5.20. The quantitative estimate of drug-likeness (QED) is 0.703. The Labute approximate surface area is 107 Å². The summed E-state index contributed by atoms with van der Waals surface area (Å²) in [5.41, 5.74) is 5.61. The number of nitrogens with two attached hydrogens (primary N) is 1. The van der Waals surface area contributed by atoms with Gasteiger partial charge in [0.2, 0.25) is 0 Å². The lowest BCUT2D eigenvalue weighted by Gasteiger charge is -2.16. The van der Waals surface area contributed by atoms with E-state index in [9.17, 15) is 13.4 Å². The molecule has 0 amide bonds. The van der Waals surface area contributed by atoms with E-state index in [-0.39, 0.29) is 11.7 Å². The predicted octanol–water partition coefficient (Wildman–Crippen LogP) is 1.28. The van der Waals surface area contributed by atoms with Crippen LogP contribution >= 0.6 is 0 Å². The van der Waals surface area contributed by atoms with Crippen molar-refractivity contribution in [1.82, 2.24) is 0 Å². The van der Waals surface area contributed by atoms with Gasteiger partial charge in [0.1, 0.15) is 5.82 Å². The summed E-state index contributed by atoms with van der Waals surface area (Å²) in [6.45, 7) is 1.78. The van der Waals surface area contributed by atoms with Crippen LogP contribution in [0.2, 0.25) is 0 Å². The number of carboxylic acid groups (broad SMARTS) is 1. The van der Waals surface area contributed by atoms with Crippen LogP contribution in [-0.4, -0.2) is 33.3 Å². The molecule has 0 fully saturated rings. The molecule has 1 rings (SSSR count). The minimum Gasteiger partial charge on any atom is -0.478 e. The number of hydrogen-bond donors (Lipinski definition) is 3. The zero-order chi connectivity index (χ0) is 13.9. The lowest BCUT2D eigenvalue weighted by atomic mass is 10.1. The third kappa shape index (κ3) is 3.69. The van der Waals surface area contributed by atoms with Gasteiger partial charge >= 0.3 is 5.97 Å². The van der Waals surface area contributed by atoms with E-state index >= 15 is 0 Å². The number of rotatable bonds is 5. The lowest BCUT2D eigenvalue weighted by molar-refractivity contribution is 0.0692. The second kappa shape index (κ2) is 5.81. The highest BCUT2D eigenvalue weighted by Gasteiger charge is 2.15. The predicted molar refractivity (Wildman–Crippen MR) is 69.8 cm³/mol. The minimum absolute atomic E-state index is 0.141. The SMILES string of the molecule is CC(CS(C)=O)Nc1cc(F)c(C(=O)O)cc1N. The molecule has 0 radical (unpaired) electrons. The van der Waals surface area contributed by atoms with Crippen molar-refractivity contribution in [2.24, 2.45) is 0 Å². The topological polar surface area (TPSA) is 92.4 Å². The third-order valence-electron chi connectivity index (χ3n) is 2.26. The van der Waals surface area contributed by atoms with Crippen molar-refractivity contribution in [3.63, 3.8) is 0 Å². The summed E-state index contributed by atoms with van der Waals surface area (Å²) in [6, 6.07) is 1.94. The van der Waals surface area contributed by atoms with Crippen LogP contribution in [0.25, 0.3) is 0 Å². The van der Waals surface area contributed by atoms with E-state index in [0.29, 0.717) is 11.4 Å². The minimum atomic E-state index is -1.37. The Balaban J connectivity index is 2.94. The van der Waals surface area contributed by atoms with E-state index in [1.807, 2.05) is 0 Å². The molecule has 0 aromatic heterocycles. The van der Waals surface area contributed by atoms with Crippen LogP contribution < -0.4 is 11.1 Å². The fourth-order valence-electron chi connectivity index (χ4n) is 1.54. The Morgan fingerprint density at radius 3 is 2.72 bits per heavy atom. The number of nitrogens with one attached hydrogen (secondary N) is 1. The Kier molecular flexibility index (Phi) is 4.66. The van der Waals surface area contributed by atoms with Gasteiger partial charge in [-0.25, -0.2) is 9.18 Å². The fraction of sp³-hybridized carbons (Fsp3) is 0.364. The van der Waals surface area contributed by atoms with Gasteiger partial charge in [0.25, 0.3) is 0 Å². The van der Waals surface area contributed by atoms with Crippen LogP contribution in [0, 0.1) is 5.82 Å². The average Bonchev–Trinajstić information content (AvgIpc) is 2.21. The highest BCUT2D eigenvalue weighted by atomic mass is 32.2. The highest BCUT2D eigenvalue weighted by molar-refractivity contribution is 7.84. The molecule has 18 heavy (non-hydrogen) atoms. The van der Waals surface area contributed by atoms with E-state index in [4.69, 9.17) is 10.8 Å². The monoisotopic (exact) mass is 274 g/mol. The van der Waals surface area contributed by atoms with E-state index < -0.39 is 28.1 Å². The first kappa shape index (κ1) is 14.4. The number of halogens is 1. The maximum atomic E-state index is 13.5. The second-order valence-electron chi connectivity index (χ2n) is 4.01. The summed E-state index contributed by atoms with van der Waals surface area (Å²) in [5, 5.41) is 11.6. The summed E-state index contributed by atoms with van der Waals surface area (Å²) in [5.74, 6) is -1.83. The van der Waals surface area contributed by atoms with Gasteiger partial charge in [-0.15, -0.1) is 0 Å². The van der Waals surface area contributed by atoms with Crippen LogP contribution in [0.15, 0.2) is 12.1 Å². The number of hydrogen-bond acceptors (Lipinski definition) is 4. The largest absolute Gasteiger partial charge is 0.478 e. The molecule has 0 spiro atoms. The lowest BCUT2D eigenvalue weighted by Crippen LogP contribution is -2.23. The molecule has 0 saturated heterocycles. The van der Waals surface area contributed by atoms with Crippen LogP contribution in [0.4, 0.5) is 15.8 Å². The van der Waals surface area contributed by atoms with E-state index in [2.05, 4.69) is 5.32 Å². The maximum Gasteiger partial charge on any atom is 0.338 e. The van der Waals surface area contributed by atoms with Crippen LogP contribution in [0.3, 0.4) is 0 Å². The van der Waals surface area contributed by atoms with Crippen molar-refractivity contribution in [3.05, 3.63) is 23.5 Å². The zero-order valence-corrected chi connectivity index (χ0v) is 10.9. The number of anilines is 2. The standard InChI is InChI=1S/C11H15FN2O3S/c1-6(5-18(2)17)14-10-4-8(12)7(11(15)16)3-9(10)13/h3-4,6,14H,5,13H2,1-2H3,(H,15,16). The van der Waals surface area contributed by atoms with Gasteiger partial charge in [0, 0.05) is 28.9 Å². The molecule has 0 bridgehead atoms. The maximum absolute atomic E-state index is 13.5. The van der Waals surface area contributed by atoms with Gasteiger partial charge in [-0.2, -0.15) is 0 Å². The van der Waals surface area contributed by atoms with E-state index in [1.54, 1.807) is 13.2 Å². The van der Waals surface area contributed by atoms with Crippen LogP contribution in [-0.2, 0) is 10.8 Å². The van der Waals surface area contributed by atoms with Crippen molar-refractivity contribution in [3.8, 4) is 0 Å². The van der Waals surface area contributed by atoms with Crippen molar-refractivity contribution in [1.29, 1.82) is 0 Å². The molecule has 5 nitrogen and oxygen atoms in total. The number of nitrogen functional groups attached to an aromatic ring is 1. The van der Waals surface area contributed by atoms with E-state index in [0.717, 1.165) is 12.1 Å². The van der Waals surface area contributed by atoms with Gasteiger partial charge in [0.05, 0.1) is 16.9 Å².